The minimum atomic E-state index is 0. The van der Waals surface area contributed by atoms with Gasteiger partial charge in [0.05, 0.1) is 19.8 Å². The summed E-state index contributed by atoms with van der Waals surface area (Å²) >= 11 is 0. The van der Waals surface area contributed by atoms with Crippen LogP contribution in [0.2, 0.25) is 0 Å². The molecule has 7 heteroatoms. The molecule has 0 spiro atoms. The van der Waals surface area contributed by atoms with E-state index in [9.17, 15) is 0 Å². The van der Waals surface area contributed by atoms with Crippen molar-refractivity contribution in [1.29, 1.82) is 0 Å². The molecule has 0 aromatic heterocycles. The summed E-state index contributed by atoms with van der Waals surface area (Å²) in [6, 6.07) is 11.3. The molecule has 1 aromatic carbocycles. The first-order valence-electron chi connectivity index (χ1n) is 11.6. The van der Waals surface area contributed by atoms with Crippen LogP contribution in [0.4, 0.5) is 0 Å². The van der Waals surface area contributed by atoms with Crippen LogP contribution in [-0.2, 0) is 14.9 Å². The summed E-state index contributed by atoms with van der Waals surface area (Å²) in [5.41, 5.74) is 1.44. The number of nitrogens with one attached hydrogen (secondary N) is 2. The van der Waals surface area contributed by atoms with E-state index in [1.807, 2.05) is 0 Å². The summed E-state index contributed by atoms with van der Waals surface area (Å²) in [6.07, 6.45) is 2.03. The standard InChI is InChI=1S/C24H40N4O2.HI/c1-4-25-23(26-18-22(20(2)3)28-12-16-30-17-13-28)27-19-24(10-14-29-15-11-24)21-8-6-5-7-9-21;/h5-9,20,22H,4,10-19H2,1-3H3,(H2,25,26,27);1H. The highest BCUT2D eigenvalue weighted by Crippen LogP contribution is 2.35. The summed E-state index contributed by atoms with van der Waals surface area (Å²) in [5, 5.41) is 7.09. The van der Waals surface area contributed by atoms with Crippen molar-refractivity contribution in [3.63, 3.8) is 0 Å². The van der Waals surface area contributed by atoms with E-state index in [1.165, 1.54) is 5.56 Å². The molecule has 1 aromatic rings. The molecular weight excluding hydrogens is 503 g/mol. The van der Waals surface area contributed by atoms with Crippen LogP contribution < -0.4 is 10.6 Å². The lowest BCUT2D eigenvalue weighted by molar-refractivity contribution is 0.00751. The first-order valence-corrected chi connectivity index (χ1v) is 11.6. The molecule has 3 rings (SSSR count). The van der Waals surface area contributed by atoms with Gasteiger partial charge in [-0.25, -0.2) is 0 Å². The SMILES string of the molecule is CCNC(=NCC1(c2ccccc2)CCOCC1)NCC(C(C)C)N1CCOCC1.I. The van der Waals surface area contributed by atoms with Gasteiger partial charge >= 0.3 is 0 Å². The normalized spacial score (nSPS) is 20.7. The Morgan fingerprint density at radius 3 is 2.29 bits per heavy atom. The molecule has 1 atom stereocenters. The van der Waals surface area contributed by atoms with Crippen LogP contribution in [0.15, 0.2) is 35.3 Å². The zero-order valence-corrected chi connectivity index (χ0v) is 21.8. The summed E-state index contributed by atoms with van der Waals surface area (Å²) in [6.45, 7) is 14.6. The highest BCUT2D eigenvalue weighted by molar-refractivity contribution is 14.0. The van der Waals surface area contributed by atoms with Crippen LogP contribution in [0.5, 0.6) is 0 Å². The number of ether oxygens (including phenoxy) is 2. The topological polar surface area (TPSA) is 58.1 Å². The molecule has 2 heterocycles. The van der Waals surface area contributed by atoms with Gasteiger partial charge in [0.2, 0.25) is 0 Å². The maximum absolute atomic E-state index is 5.68. The van der Waals surface area contributed by atoms with Crippen LogP contribution >= 0.6 is 24.0 Å². The monoisotopic (exact) mass is 544 g/mol. The molecule has 2 aliphatic rings. The van der Waals surface area contributed by atoms with Gasteiger partial charge in [-0.1, -0.05) is 44.2 Å². The fourth-order valence-electron chi connectivity index (χ4n) is 4.56. The fraction of sp³-hybridized carbons (Fsp3) is 0.708. The second-order valence-electron chi connectivity index (χ2n) is 8.79. The van der Waals surface area contributed by atoms with Crippen LogP contribution in [0.3, 0.4) is 0 Å². The molecule has 0 bridgehead atoms. The van der Waals surface area contributed by atoms with Crippen molar-refractivity contribution >= 4 is 29.9 Å². The lowest BCUT2D eigenvalue weighted by atomic mass is 9.74. The van der Waals surface area contributed by atoms with Crippen LogP contribution in [-0.4, -0.2) is 76.1 Å². The van der Waals surface area contributed by atoms with Gasteiger partial charge in [0.1, 0.15) is 0 Å². The average molecular weight is 545 g/mol. The van der Waals surface area contributed by atoms with Gasteiger partial charge in [-0.2, -0.15) is 0 Å². The van der Waals surface area contributed by atoms with E-state index in [-0.39, 0.29) is 29.4 Å². The van der Waals surface area contributed by atoms with Crippen molar-refractivity contribution in [1.82, 2.24) is 15.5 Å². The first-order chi connectivity index (χ1) is 14.6. The lowest BCUT2D eigenvalue weighted by Crippen LogP contribution is -2.52. The zero-order valence-electron chi connectivity index (χ0n) is 19.4. The van der Waals surface area contributed by atoms with Gasteiger partial charge in [-0.3, -0.25) is 9.89 Å². The van der Waals surface area contributed by atoms with Crippen molar-refractivity contribution in [3.8, 4) is 0 Å². The molecular formula is C24H41IN4O2. The molecule has 176 valence electrons. The molecule has 2 fully saturated rings. The number of aliphatic imine (C=N–C) groups is 1. The van der Waals surface area contributed by atoms with Gasteiger partial charge < -0.3 is 20.1 Å². The Morgan fingerprint density at radius 2 is 1.68 bits per heavy atom. The third-order valence-electron chi connectivity index (χ3n) is 6.48. The summed E-state index contributed by atoms with van der Waals surface area (Å²) < 4.78 is 11.2. The average Bonchev–Trinajstić information content (AvgIpc) is 2.79. The number of hydrogen-bond donors (Lipinski definition) is 2. The van der Waals surface area contributed by atoms with E-state index >= 15 is 0 Å². The Labute approximate surface area is 205 Å². The van der Waals surface area contributed by atoms with E-state index in [1.54, 1.807) is 0 Å². The second kappa shape index (κ2) is 13.6. The molecule has 1 unspecified atom stereocenters. The van der Waals surface area contributed by atoms with Crippen LogP contribution in [0, 0.1) is 5.92 Å². The lowest BCUT2D eigenvalue weighted by Gasteiger charge is -2.38. The number of nitrogens with zero attached hydrogens (tertiary/aromatic N) is 2. The number of hydrogen-bond acceptors (Lipinski definition) is 4. The third kappa shape index (κ3) is 7.58. The summed E-state index contributed by atoms with van der Waals surface area (Å²) in [5.74, 6) is 1.49. The smallest absolute Gasteiger partial charge is 0.191 e. The van der Waals surface area contributed by atoms with E-state index in [2.05, 4.69) is 66.6 Å². The molecule has 31 heavy (non-hydrogen) atoms. The maximum Gasteiger partial charge on any atom is 0.191 e. The highest BCUT2D eigenvalue weighted by atomic mass is 127. The van der Waals surface area contributed by atoms with Crippen LogP contribution in [0.1, 0.15) is 39.2 Å². The van der Waals surface area contributed by atoms with Gasteiger partial charge in [-0.05, 0) is 31.2 Å². The van der Waals surface area contributed by atoms with E-state index in [0.29, 0.717) is 12.0 Å². The van der Waals surface area contributed by atoms with E-state index in [4.69, 9.17) is 14.5 Å². The van der Waals surface area contributed by atoms with Crippen molar-refractivity contribution < 1.29 is 9.47 Å². The minimum absolute atomic E-state index is 0. The second-order valence-corrected chi connectivity index (χ2v) is 8.79. The molecule has 0 saturated carbocycles. The van der Waals surface area contributed by atoms with Crippen LogP contribution in [0.25, 0.3) is 0 Å². The predicted molar refractivity (Wildman–Crippen MR) is 139 cm³/mol. The van der Waals surface area contributed by atoms with E-state index in [0.717, 1.165) is 78.0 Å². The Bertz CT molecular complexity index is 644. The number of halogens is 1. The van der Waals surface area contributed by atoms with Crippen molar-refractivity contribution in [2.45, 2.75) is 45.1 Å². The fourth-order valence-corrected chi connectivity index (χ4v) is 4.56. The first kappa shape index (κ1) is 26.4. The third-order valence-corrected chi connectivity index (χ3v) is 6.48. The summed E-state index contributed by atoms with van der Waals surface area (Å²) in [4.78, 5) is 7.61. The number of morpholine rings is 1. The molecule has 2 N–H and O–H groups in total. The Kier molecular flexibility index (Phi) is 11.6. The van der Waals surface area contributed by atoms with Gasteiger partial charge in [0.15, 0.2) is 5.96 Å². The number of guanidine groups is 1. The largest absolute Gasteiger partial charge is 0.381 e. The minimum Gasteiger partial charge on any atom is -0.381 e. The van der Waals surface area contributed by atoms with Gasteiger partial charge in [-0.15, -0.1) is 24.0 Å². The quantitative estimate of drug-likeness (QED) is 0.299. The molecule has 2 aliphatic heterocycles. The molecule has 6 nitrogen and oxygen atoms in total. The van der Waals surface area contributed by atoms with Crippen molar-refractivity contribution in [2.75, 3.05) is 59.2 Å². The zero-order chi connectivity index (χ0) is 21.2. The molecule has 0 amide bonds. The Hall–Kier alpha value is -0.900. The van der Waals surface area contributed by atoms with E-state index < -0.39 is 0 Å². The molecule has 2 saturated heterocycles. The van der Waals surface area contributed by atoms with Gasteiger partial charge in [0, 0.05) is 50.8 Å². The predicted octanol–water partition coefficient (Wildman–Crippen LogP) is 3.26. The number of rotatable bonds is 8. The molecule has 0 aliphatic carbocycles. The summed E-state index contributed by atoms with van der Waals surface area (Å²) in [7, 11) is 0. The van der Waals surface area contributed by atoms with Crippen molar-refractivity contribution in [3.05, 3.63) is 35.9 Å². The molecule has 0 radical (unpaired) electrons. The highest BCUT2D eigenvalue weighted by Gasteiger charge is 2.34. The maximum atomic E-state index is 5.68. The van der Waals surface area contributed by atoms with Crippen molar-refractivity contribution in [2.24, 2.45) is 10.9 Å². The number of benzene rings is 1. The Morgan fingerprint density at radius 1 is 1.03 bits per heavy atom. The van der Waals surface area contributed by atoms with Gasteiger partial charge in [0.25, 0.3) is 0 Å². The Balaban J connectivity index is 0.00000341.